The molecule has 0 radical (unpaired) electrons. The zero-order chi connectivity index (χ0) is 29.9. The molecule has 0 saturated carbocycles. The van der Waals surface area contributed by atoms with Crippen LogP contribution in [0.2, 0.25) is 0 Å². The number of hydrogen-bond acceptors (Lipinski definition) is 9. The molecule has 12 heteroatoms. The fourth-order valence-electron chi connectivity index (χ4n) is 4.40. The average molecular weight is 604 g/mol. The molecule has 4 aromatic rings. The zero-order valence-corrected chi connectivity index (χ0v) is 24.1. The van der Waals surface area contributed by atoms with Crippen molar-refractivity contribution in [3.8, 4) is 11.4 Å². The lowest BCUT2D eigenvalue weighted by atomic mass is 10.1. The summed E-state index contributed by atoms with van der Waals surface area (Å²) in [6.45, 7) is 0.954. The van der Waals surface area contributed by atoms with Crippen molar-refractivity contribution in [1.29, 1.82) is 5.41 Å². The largest absolute Gasteiger partial charge is 0.482 e. The molecular weight excluding hydrogens is 572 g/mol. The van der Waals surface area contributed by atoms with E-state index in [4.69, 9.17) is 14.9 Å². The third-order valence-corrected chi connectivity index (χ3v) is 7.70. The number of hydrazone groups is 1. The van der Waals surface area contributed by atoms with E-state index in [2.05, 4.69) is 37.9 Å². The number of pyridine rings is 1. The molecule has 2 heterocycles. The minimum absolute atomic E-state index is 0.0687. The first-order valence-corrected chi connectivity index (χ1v) is 14.7. The van der Waals surface area contributed by atoms with Crippen molar-refractivity contribution < 1.29 is 18.3 Å². The Morgan fingerprint density at radius 3 is 2.77 bits per heavy atom. The second-order valence-corrected chi connectivity index (χ2v) is 10.8. The van der Waals surface area contributed by atoms with Gasteiger partial charge in [-0.3, -0.25) is 9.55 Å². The summed E-state index contributed by atoms with van der Waals surface area (Å²) in [6.07, 6.45) is 11.8. The van der Waals surface area contributed by atoms with Crippen LogP contribution in [0.1, 0.15) is 36.2 Å². The van der Waals surface area contributed by atoms with Crippen LogP contribution in [-0.4, -0.2) is 50.1 Å². The first-order chi connectivity index (χ1) is 21.1. The summed E-state index contributed by atoms with van der Waals surface area (Å²) in [7, 11) is 0. The highest BCUT2D eigenvalue weighted by Crippen LogP contribution is 2.31. The molecule has 1 unspecified atom stereocenters. The van der Waals surface area contributed by atoms with Crippen LogP contribution in [-0.2, 0) is 18.0 Å². The molecule has 2 N–H and O–H groups in total. The van der Waals surface area contributed by atoms with Gasteiger partial charge in [-0.2, -0.15) is 5.10 Å². The minimum atomic E-state index is -0.800. The van der Waals surface area contributed by atoms with Crippen LogP contribution in [0, 0.1) is 17.0 Å². The summed E-state index contributed by atoms with van der Waals surface area (Å²) in [4.78, 5) is 4.20. The fraction of sp³-hybridized carbons (Fsp3) is 0.258. The average Bonchev–Trinajstić information content (AvgIpc) is 3.44. The molecule has 0 fully saturated rings. The van der Waals surface area contributed by atoms with E-state index in [1.54, 1.807) is 30.2 Å². The molecule has 0 bridgehead atoms. The monoisotopic (exact) mass is 603 g/mol. The second-order valence-electron chi connectivity index (χ2n) is 9.60. The number of aromatic nitrogens is 4. The number of allylic oxidation sites excluding steroid dienone is 1. The van der Waals surface area contributed by atoms with Gasteiger partial charge in [0.25, 0.3) is 0 Å². The molecule has 0 saturated heterocycles. The Bertz CT molecular complexity index is 1570. The Balaban J connectivity index is 1.24. The summed E-state index contributed by atoms with van der Waals surface area (Å²) in [5.74, 6) is -1.46. The van der Waals surface area contributed by atoms with Crippen molar-refractivity contribution in [1.82, 2.24) is 25.2 Å². The van der Waals surface area contributed by atoms with Crippen LogP contribution in [0.15, 0.2) is 89.4 Å². The lowest BCUT2D eigenvalue weighted by Crippen LogP contribution is -2.18. The Hall–Kier alpha value is -4.42. The summed E-state index contributed by atoms with van der Waals surface area (Å²) in [5.41, 5.74) is 4.28. The molecule has 1 aliphatic carbocycles. The van der Waals surface area contributed by atoms with Crippen LogP contribution in [0.25, 0.3) is 5.69 Å². The number of thioether (sulfide) groups is 1. The van der Waals surface area contributed by atoms with E-state index in [-0.39, 0.29) is 28.9 Å². The highest BCUT2D eigenvalue weighted by molar-refractivity contribution is 7.99. The van der Waals surface area contributed by atoms with Crippen LogP contribution in [0.5, 0.6) is 5.75 Å². The van der Waals surface area contributed by atoms with Gasteiger partial charge in [0.05, 0.1) is 31.6 Å². The number of halogens is 2. The first-order valence-electron chi connectivity index (χ1n) is 13.9. The molecule has 0 amide bonds. The van der Waals surface area contributed by atoms with Crippen molar-refractivity contribution in [3.63, 3.8) is 0 Å². The number of nitrogens with one attached hydrogen (secondary N) is 2. The SMILES string of the molecule is N=C/C(=N\NCCOCc1ccccc1)c1cc(F)c(OCc2nnc(SC3C=CCCC3)n2-c2cccnc2)cc1F. The van der Waals surface area contributed by atoms with E-state index in [1.807, 2.05) is 41.0 Å². The summed E-state index contributed by atoms with van der Waals surface area (Å²) in [6, 6.07) is 15.3. The highest BCUT2D eigenvalue weighted by Gasteiger charge is 2.21. The molecule has 222 valence electrons. The van der Waals surface area contributed by atoms with Crippen molar-refractivity contribution >= 4 is 23.7 Å². The van der Waals surface area contributed by atoms with Crippen LogP contribution < -0.4 is 10.2 Å². The number of rotatable bonds is 14. The van der Waals surface area contributed by atoms with Crippen molar-refractivity contribution in [3.05, 3.63) is 108 Å². The molecule has 1 aliphatic rings. The first kappa shape index (κ1) is 30.1. The van der Waals surface area contributed by atoms with Crippen LogP contribution in [0.4, 0.5) is 8.78 Å². The quantitative estimate of drug-likeness (QED) is 0.0802. The molecule has 0 spiro atoms. The molecule has 2 aromatic carbocycles. The maximum Gasteiger partial charge on any atom is 0.196 e. The van der Waals surface area contributed by atoms with Crippen molar-refractivity contribution in [2.45, 2.75) is 42.9 Å². The molecule has 0 aliphatic heterocycles. The normalized spacial score (nSPS) is 14.9. The summed E-state index contributed by atoms with van der Waals surface area (Å²) in [5, 5.41) is 21.3. The summed E-state index contributed by atoms with van der Waals surface area (Å²) < 4.78 is 43.3. The standard InChI is InChI=1S/C31H31F2N7O2S/c32-26-17-29(27(33)16-25(26)28(18-34)37-36-14-15-41-20-22-8-3-1-4-9-22)42-21-30-38-39-31(43-24-11-5-2-6-12-24)40(30)23-10-7-13-35-19-23/h1,3-5,7-11,13,16-19,24,34,36H,2,6,12,14-15,20-21H2/b34-18?,37-28+. The number of ether oxygens (including phenoxy) is 2. The smallest absolute Gasteiger partial charge is 0.196 e. The lowest BCUT2D eigenvalue weighted by molar-refractivity contribution is 0.123. The second kappa shape index (κ2) is 15.2. The van der Waals surface area contributed by atoms with E-state index < -0.39 is 11.6 Å². The van der Waals surface area contributed by atoms with Crippen LogP contribution in [0.3, 0.4) is 0 Å². The van der Waals surface area contributed by atoms with Crippen molar-refractivity contribution in [2.75, 3.05) is 13.2 Å². The molecular formula is C31H31F2N7O2S. The Labute approximate surface area is 252 Å². The van der Waals surface area contributed by atoms with Gasteiger partial charge in [-0.25, -0.2) is 8.78 Å². The maximum atomic E-state index is 15.1. The molecule has 5 rings (SSSR count). The van der Waals surface area contributed by atoms with E-state index in [9.17, 15) is 0 Å². The third-order valence-electron chi connectivity index (χ3n) is 6.53. The van der Waals surface area contributed by atoms with Gasteiger partial charge in [0.2, 0.25) is 0 Å². The van der Waals surface area contributed by atoms with Crippen molar-refractivity contribution in [2.24, 2.45) is 5.10 Å². The van der Waals surface area contributed by atoms with Gasteiger partial charge in [0.15, 0.2) is 22.5 Å². The minimum Gasteiger partial charge on any atom is -0.482 e. The van der Waals surface area contributed by atoms with Crippen LogP contribution >= 0.6 is 11.8 Å². The molecule has 1 atom stereocenters. The van der Waals surface area contributed by atoms with E-state index in [0.29, 0.717) is 30.7 Å². The predicted molar refractivity (Wildman–Crippen MR) is 162 cm³/mol. The Kier molecular flexibility index (Phi) is 10.6. The molecule has 2 aromatic heterocycles. The molecule has 9 nitrogen and oxygen atoms in total. The fourth-order valence-corrected chi connectivity index (χ4v) is 5.55. The highest BCUT2D eigenvalue weighted by atomic mass is 32.2. The number of hydrogen-bond donors (Lipinski definition) is 2. The Morgan fingerprint density at radius 2 is 2.00 bits per heavy atom. The predicted octanol–water partition coefficient (Wildman–Crippen LogP) is 5.88. The zero-order valence-electron chi connectivity index (χ0n) is 23.3. The van der Waals surface area contributed by atoms with Gasteiger partial charge >= 0.3 is 0 Å². The van der Waals surface area contributed by atoms with Gasteiger partial charge in [0.1, 0.15) is 18.1 Å². The summed E-state index contributed by atoms with van der Waals surface area (Å²) >= 11 is 1.59. The van der Waals surface area contributed by atoms with Gasteiger partial charge < -0.3 is 20.3 Å². The third kappa shape index (κ3) is 8.11. The number of benzene rings is 2. The van der Waals surface area contributed by atoms with Gasteiger partial charge in [-0.1, -0.05) is 54.2 Å². The van der Waals surface area contributed by atoms with E-state index in [1.165, 1.54) is 0 Å². The van der Waals surface area contributed by atoms with Gasteiger partial charge in [-0.05, 0) is 43.0 Å². The van der Waals surface area contributed by atoms with Gasteiger partial charge in [0, 0.05) is 29.3 Å². The van der Waals surface area contributed by atoms with E-state index in [0.717, 1.165) is 48.9 Å². The molecule has 43 heavy (non-hydrogen) atoms. The number of nitrogens with zero attached hydrogens (tertiary/aromatic N) is 5. The van der Waals surface area contributed by atoms with Gasteiger partial charge in [-0.15, -0.1) is 10.2 Å². The topological polar surface area (TPSA) is 110 Å². The Morgan fingerprint density at radius 1 is 1.12 bits per heavy atom. The van der Waals surface area contributed by atoms with E-state index >= 15 is 8.78 Å². The lowest BCUT2D eigenvalue weighted by Gasteiger charge is -2.16. The maximum absolute atomic E-state index is 15.1.